The van der Waals surface area contributed by atoms with Crippen LogP contribution in [0.3, 0.4) is 0 Å². The molecule has 2 N–H and O–H groups in total. The molecule has 19 heavy (non-hydrogen) atoms. The summed E-state index contributed by atoms with van der Waals surface area (Å²) < 4.78 is 5.54. The molecule has 1 saturated heterocycles. The van der Waals surface area contributed by atoms with Crippen molar-refractivity contribution in [3.63, 3.8) is 0 Å². The minimum Gasteiger partial charge on any atom is -0.479 e. The van der Waals surface area contributed by atoms with E-state index in [4.69, 9.17) is 4.74 Å². The molecule has 5 heteroatoms. The minimum atomic E-state index is -0.418. The molecule has 1 aromatic rings. The SMILES string of the molecule is CC1CC(Nc2ccc3c(c2)NC(=O)C(C)O3)CS1. The zero-order valence-corrected chi connectivity index (χ0v) is 11.9. The summed E-state index contributed by atoms with van der Waals surface area (Å²) >= 11 is 2.00. The molecule has 3 rings (SSSR count). The van der Waals surface area contributed by atoms with E-state index in [1.54, 1.807) is 6.92 Å². The monoisotopic (exact) mass is 278 g/mol. The lowest BCUT2D eigenvalue weighted by Crippen LogP contribution is -2.34. The summed E-state index contributed by atoms with van der Waals surface area (Å²) in [5.74, 6) is 1.79. The van der Waals surface area contributed by atoms with Gasteiger partial charge in [-0.15, -0.1) is 0 Å². The molecule has 3 unspecified atom stereocenters. The standard InChI is InChI=1S/C14H18N2O2S/c1-8-5-11(7-19-8)15-10-3-4-13-12(6-10)16-14(17)9(2)18-13/h3-4,6,8-9,11,15H,5,7H2,1-2H3,(H,16,17). The Morgan fingerprint density at radius 3 is 3.00 bits per heavy atom. The maximum absolute atomic E-state index is 11.6. The molecule has 0 saturated carbocycles. The van der Waals surface area contributed by atoms with Crippen LogP contribution < -0.4 is 15.4 Å². The highest BCUT2D eigenvalue weighted by atomic mass is 32.2. The Morgan fingerprint density at radius 1 is 1.42 bits per heavy atom. The fourth-order valence-electron chi connectivity index (χ4n) is 2.45. The number of benzene rings is 1. The molecule has 0 bridgehead atoms. The van der Waals surface area contributed by atoms with Crippen molar-refractivity contribution in [3.05, 3.63) is 18.2 Å². The van der Waals surface area contributed by atoms with E-state index in [1.807, 2.05) is 30.0 Å². The average Bonchev–Trinajstić information content (AvgIpc) is 2.77. The third-order valence-corrected chi connectivity index (χ3v) is 4.84. The summed E-state index contributed by atoms with van der Waals surface area (Å²) in [7, 11) is 0. The molecular weight excluding hydrogens is 260 g/mol. The summed E-state index contributed by atoms with van der Waals surface area (Å²) in [6.45, 7) is 4.01. The molecule has 2 aliphatic rings. The summed E-state index contributed by atoms with van der Waals surface area (Å²) in [6.07, 6.45) is 0.764. The molecule has 1 fully saturated rings. The van der Waals surface area contributed by atoms with Crippen LogP contribution in [0, 0.1) is 0 Å². The van der Waals surface area contributed by atoms with Crippen molar-refractivity contribution < 1.29 is 9.53 Å². The average molecular weight is 278 g/mol. The van der Waals surface area contributed by atoms with Gasteiger partial charge >= 0.3 is 0 Å². The molecule has 0 radical (unpaired) electrons. The minimum absolute atomic E-state index is 0.0882. The van der Waals surface area contributed by atoms with Crippen molar-refractivity contribution >= 4 is 29.0 Å². The topological polar surface area (TPSA) is 50.4 Å². The largest absolute Gasteiger partial charge is 0.479 e. The Labute approximate surface area is 117 Å². The van der Waals surface area contributed by atoms with Gasteiger partial charge in [-0.05, 0) is 31.5 Å². The van der Waals surface area contributed by atoms with Gasteiger partial charge in [0.2, 0.25) is 0 Å². The predicted molar refractivity (Wildman–Crippen MR) is 79.1 cm³/mol. The van der Waals surface area contributed by atoms with Crippen LogP contribution >= 0.6 is 11.8 Å². The number of carbonyl (C=O) groups excluding carboxylic acids is 1. The second kappa shape index (κ2) is 4.96. The van der Waals surface area contributed by atoms with Gasteiger partial charge in [0.1, 0.15) is 5.75 Å². The molecule has 0 aliphatic carbocycles. The normalized spacial score (nSPS) is 29.4. The molecule has 0 spiro atoms. The number of amides is 1. The van der Waals surface area contributed by atoms with Gasteiger partial charge in [0, 0.05) is 22.7 Å². The number of rotatable bonds is 2. The van der Waals surface area contributed by atoms with Crippen molar-refractivity contribution in [1.82, 2.24) is 0 Å². The van der Waals surface area contributed by atoms with Crippen LogP contribution in [0.4, 0.5) is 11.4 Å². The number of thioether (sulfide) groups is 1. The third kappa shape index (κ3) is 2.66. The first-order chi connectivity index (χ1) is 9.11. The van der Waals surface area contributed by atoms with Crippen molar-refractivity contribution in [3.8, 4) is 5.75 Å². The maximum atomic E-state index is 11.6. The molecule has 102 valence electrons. The van der Waals surface area contributed by atoms with E-state index >= 15 is 0 Å². The van der Waals surface area contributed by atoms with Gasteiger partial charge in [-0.2, -0.15) is 11.8 Å². The number of ether oxygens (including phenoxy) is 1. The summed E-state index contributed by atoms with van der Waals surface area (Å²) in [5.41, 5.74) is 1.80. The first-order valence-corrected chi connectivity index (χ1v) is 7.66. The Hall–Kier alpha value is -1.36. The third-order valence-electron chi connectivity index (χ3n) is 3.48. The van der Waals surface area contributed by atoms with Crippen LogP contribution in [-0.2, 0) is 4.79 Å². The van der Waals surface area contributed by atoms with E-state index in [1.165, 1.54) is 6.42 Å². The highest BCUT2D eigenvalue weighted by Gasteiger charge is 2.25. The maximum Gasteiger partial charge on any atom is 0.265 e. The van der Waals surface area contributed by atoms with E-state index in [0.29, 0.717) is 6.04 Å². The fraction of sp³-hybridized carbons (Fsp3) is 0.500. The molecule has 1 amide bonds. The number of fused-ring (bicyclic) bond motifs is 1. The van der Waals surface area contributed by atoms with Gasteiger partial charge in [0.15, 0.2) is 6.10 Å². The van der Waals surface area contributed by atoms with Crippen LogP contribution in [0.2, 0.25) is 0 Å². The number of carbonyl (C=O) groups is 1. The number of hydrogen-bond donors (Lipinski definition) is 2. The molecule has 2 aliphatic heterocycles. The van der Waals surface area contributed by atoms with Gasteiger partial charge < -0.3 is 15.4 Å². The van der Waals surface area contributed by atoms with Crippen molar-refractivity contribution in [2.24, 2.45) is 0 Å². The predicted octanol–water partition coefficient (Wildman–Crippen LogP) is 2.71. The summed E-state index contributed by atoms with van der Waals surface area (Å²) in [6, 6.07) is 6.39. The Balaban J connectivity index is 1.74. The van der Waals surface area contributed by atoms with Crippen LogP contribution in [0.5, 0.6) is 5.75 Å². The van der Waals surface area contributed by atoms with Crippen molar-refractivity contribution in [2.75, 3.05) is 16.4 Å². The number of hydrogen-bond acceptors (Lipinski definition) is 4. The van der Waals surface area contributed by atoms with Gasteiger partial charge in [-0.1, -0.05) is 6.92 Å². The summed E-state index contributed by atoms with van der Waals surface area (Å²) in [5, 5.41) is 7.12. The van der Waals surface area contributed by atoms with E-state index < -0.39 is 6.10 Å². The fourth-order valence-corrected chi connectivity index (χ4v) is 3.60. The van der Waals surface area contributed by atoms with Gasteiger partial charge in [-0.3, -0.25) is 4.79 Å². The zero-order valence-electron chi connectivity index (χ0n) is 11.1. The quantitative estimate of drug-likeness (QED) is 0.873. The lowest BCUT2D eigenvalue weighted by molar-refractivity contribution is -0.122. The van der Waals surface area contributed by atoms with Crippen LogP contribution in [-0.4, -0.2) is 29.1 Å². The van der Waals surface area contributed by atoms with Crippen molar-refractivity contribution in [2.45, 2.75) is 37.7 Å². The van der Waals surface area contributed by atoms with Gasteiger partial charge in [0.05, 0.1) is 5.69 Å². The summed E-state index contributed by atoms with van der Waals surface area (Å²) in [4.78, 5) is 11.6. The lowest BCUT2D eigenvalue weighted by atomic mass is 10.1. The zero-order chi connectivity index (χ0) is 13.4. The van der Waals surface area contributed by atoms with E-state index in [9.17, 15) is 4.79 Å². The molecule has 1 aromatic carbocycles. The first-order valence-electron chi connectivity index (χ1n) is 6.61. The van der Waals surface area contributed by atoms with E-state index in [0.717, 1.165) is 28.1 Å². The van der Waals surface area contributed by atoms with Crippen LogP contribution in [0.15, 0.2) is 18.2 Å². The number of nitrogens with one attached hydrogen (secondary N) is 2. The smallest absolute Gasteiger partial charge is 0.265 e. The molecular formula is C14H18N2O2S. The lowest BCUT2D eigenvalue weighted by Gasteiger charge is -2.24. The molecule has 3 atom stereocenters. The Morgan fingerprint density at radius 2 is 2.26 bits per heavy atom. The van der Waals surface area contributed by atoms with Crippen LogP contribution in [0.1, 0.15) is 20.3 Å². The Kier molecular flexibility index (Phi) is 3.31. The molecule has 0 aromatic heterocycles. The molecule has 4 nitrogen and oxygen atoms in total. The highest BCUT2D eigenvalue weighted by Crippen LogP contribution is 2.34. The van der Waals surface area contributed by atoms with Gasteiger partial charge in [-0.25, -0.2) is 0 Å². The number of anilines is 2. The van der Waals surface area contributed by atoms with Crippen molar-refractivity contribution in [1.29, 1.82) is 0 Å². The van der Waals surface area contributed by atoms with E-state index in [2.05, 4.69) is 17.6 Å². The highest BCUT2D eigenvalue weighted by molar-refractivity contribution is 8.00. The van der Waals surface area contributed by atoms with Crippen LogP contribution in [0.25, 0.3) is 0 Å². The Bertz CT molecular complexity index is 506. The molecule has 2 heterocycles. The van der Waals surface area contributed by atoms with Gasteiger partial charge in [0.25, 0.3) is 5.91 Å². The first kappa shape index (κ1) is 12.7. The second-order valence-electron chi connectivity index (χ2n) is 5.18. The second-order valence-corrected chi connectivity index (χ2v) is 6.65. The van der Waals surface area contributed by atoms with E-state index in [-0.39, 0.29) is 5.91 Å².